The second-order valence-corrected chi connectivity index (χ2v) is 12.3. The lowest BCUT2D eigenvalue weighted by Crippen LogP contribution is -2.41. The number of hydrogen-bond acceptors (Lipinski definition) is 1. The lowest BCUT2D eigenvalue weighted by atomic mass is 10.0. The maximum absolute atomic E-state index is 4.47. The Balaban J connectivity index is 1.88. The van der Waals surface area contributed by atoms with Gasteiger partial charge in [-0.05, 0) is 25.7 Å². The van der Waals surface area contributed by atoms with E-state index in [1.807, 2.05) is 6.20 Å². The molecule has 0 spiro atoms. The lowest BCUT2D eigenvalue weighted by molar-refractivity contribution is -0.780. The van der Waals surface area contributed by atoms with Gasteiger partial charge in [0.2, 0.25) is 0 Å². The Hall–Kier alpha value is -0.630. The molecule has 0 aromatic heterocycles. The third-order valence-corrected chi connectivity index (χ3v) is 8.60. The smallest absolute Gasteiger partial charge is 0.194 e. The van der Waals surface area contributed by atoms with Gasteiger partial charge in [-0.1, -0.05) is 168 Å². The molecular formula is C35H69N2+. The van der Waals surface area contributed by atoms with E-state index in [0.717, 1.165) is 4.48 Å². The molecule has 0 aromatic carbocycles. The molecule has 0 atom stereocenters. The van der Waals surface area contributed by atoms with E-state index >= 15 is 0 Å². The largest absolute Gasteiger partial charge is 0.254 e. The lowest BCUT2D eigenvalue weighted by Gasteiger charge is -2.27. The van der Waals surface area contributed by atoms with E-state index in [-0.39, 0.29) is 0 Å². The van der Waals surface area contributed by atoms with E-state index in [1.165, 1.54) is 193 Å². The standard InChI is InChI=1S/C35H69N2/c1-3-5-7-9-11-13-15-17-19-21-23-25-27-29-32-37(34-31-36-35-37)33-30-28-26-24-22-20-18-16-14-12-10-8-6-4-2/h31,34-35H,3-30,32-33H2,1-2H3/q+1. The van der Waals surface area contributed by atoms with Crippen LogP contribution >= 0.6 is 0 Å². The molecule has 0 fully saturated rings. The summed E-state index contributed by atoms with van der Waals surface area (Å²) in [5, 5.41) is 0. The molecule has 2 heteroatoms. The molecule has 0 N–H and O–H groups in total. The molecule has 1 heterocycles. The zero-order chi connectivity index (χ0) is 26.5. The number of hydrogen-bond donors (Lipinski definition) is 0. The Bertz CT molecular complexity index is 463. The van der Waals surface area contributed by atoms with E-state index in [4.69, 9.17) is 0 Å². The molecular weight excluding hydrogens is 448 g/mol. The van der Waals surface area contributed by atoms with Crippen molar-refractivity contribution >= 4 is 6.34 Å². The van der Waals surface area contributed by atoms with Gasteiger partial charge < -0.3 is 0 Å². The van der Waals surface area contributed by atoms with Crippen molar-refractivity contribution < 1.29 is 4.48 Å². The van der Waals surface area contributed by atoms with Crippen molar-refractivity contribution in [2.24, 2.45) is 4.99 Å². The summed E-state index contributed by atoms with van der Waals surface area (Å²) in [6, 6.07) is 0. The summed E-state index contributed by atoms with van der Waals surface area (Å²) in [6.07, 6.45) is 46.9. The maximum Gasteiger partial charge on any atom is 0.194 e. The van der Waals surface area contributed by atoms with Crippen LogP contribution in [0.4, 0.5) is 0 Å². The number of rotatable bonds is 30. The van der Waals surface area contributed by atoms with Crippen LogP contribution in [0.15, 0.2) is 17.4 Å². The highest BCUT2D eigenvalue weighted by molar-refractivity contribution is 5.50. The molecule has 0 saturated heterocycles. The van der Waals surface area contributed by atoms with Gasteiger partial charge in [-0.15, -0.1) is 0 Å². The SMILES string of the molecule is CCCCCCCCCCCCCCCC[N+]1(CCCCCCCCCCCCCCCC)C=CN=C1. The summed E-state index contributed by atoms with van der Waals surface area (Å²) in [5.74, 6) is 0. The van der Waals surface area contributed by atoms with Crippen LogP contribution in [0.5, 0.6) is 0 Å². The van der Waals surface area contributed by atoms with Gasteiger partial charge in [0.15, 0.2) is 6.34 Å². The quantitative estimate of drug-likeness (QED) is 0.0663. The van der Waals surface area contributed by atoms with Gasteiger partial charge in [0.1, 0.15) is 6.20 Å². The van der Waals surface area contributed by atoms with Crippen molar-refractivity contribution in [2.75, 3.05) is 13.1 Å². The van der Waals surface area contributed by atoms with Gasteiger partial charge in [0.05, 0.1) is 19.3 Å². The first-order valence-corrected chi connectivity index (χ1v) is 17.4. The third kappa shape index (κ3) is 21.9. The summed E-state index contributed by atoms with van der Waals surface area (Å²) in [7, 11) is 0. The zero-order valence-electron chi connectivity index (χ0n) is 25.8. The molecule has 1 rings (SSSR count). The van der Waals surface area contributed by atoms with Crippen molar-refractivity contribution in [3.05, 3.63) is 12.4 Å². The molecule has 0 aromatic rings. The summed E-state index contributed by atoms with van der Waals surface area (Å²) < 4.78 is 1.02. The minimum atomic E-state index is 1.02. The van der Waals surface area contributed by atoms with Crippen molar-refractivity contribution in [1.29, 1.82) is 0 Å². The van der Waals surface area contributed by atoms with Crippen LogP contribution in [-0.4, -0.2) is 23.9 Å². The molecule has 0 amide bonds. The first-order chi connectivity index (χ1) is 18.3. The number of aliphatic imine (C=N–C) groups is 1. The molecule has 1 aliphatic heterocycles. The molecule has 0 unspecified atom stereocenters. The van der Waals surface area contributed by atoms with Crippen molar-refractivity contribution in [3.63, 3.8) is 0 Å². The number of nitrogens with zero attached hydrogens (tertiary/aromatic N) is 2. The molecule has 2 nitrogen and oxygen atoms in total. The average Bonchev–Trinajstić information content (AvgIpc) is 3.38. The minimum Gasteiger partial charge on any atom is -0.254 e. The summed E-state index contributed by atoms with van der Waals surface area (Å²) in [4.78, 5) is 4.47. The van der Waals surface area contributed by atoms with Crippen molar-refractivity contribution in [3.8, 4) is 0 Å². The monoisotopic (exact) mass is 518 g/mol. The molecule has 0 bridgehead atoms. The van der Waals surface area contributed by atoms with Crippen LogP contribution in [0, 0.1) is 0 Å². The van der Waals surface area contributed by atoms with Gasteiger partial charge in [0.25, 0.3) is 0 Å². The number of quaternary nitrogens is 1. The average molecular weight is 518 g/mol. The van der Waals surface area contributed by atoms with Crippen LogP contribution in [0.25, 0.3) is 0 Å². The summed E-state index contributed by atoms with van der Waals surface area (Å²) in [5.41, 5.74) is 0. The maximum atomic E-state index is 4.47. The Kier molecular flexibility index (Phi) is 25.1. The molecule has 0 saturated carbocycles. The normalized spacial score (nSPS) is 14.2. The van der Waals surface area contributed by atoms with E-state index in [2.05, 4.69) is 31.4 Å². The highest BCUT2D eigenvalue weighted by Crippen LogP contribution is 2.19. The molecule has 37 heavy (non-hydrogen) atoms. The predicted octanol–water partition coefficient (Wildman–Crippen LogP) is 12.3. The van der Waals surface area contributed by atoms with E-state index in [9.17, 15) is 0 Å². The summed E-state index contributed by atoms with van der Waals surface area (Å²) >= 11 is 0. The second kappa shape index (κ2) is 27.0. The number of unbranched alkanes of at least 4 members (excludes halogenated alkanes) is 26. The Morgan fingerprint density at radius 2 is 0.649 bits per heavy atom. The van der Waals surface area contributed by atoms with Crippen LogP contribution in [0.2, 0.25) is 0 Å². The van der Waals surface area contributed by atoms with E-state index in [1.54, 1.807) is 0 Å². The fraction of sp³-hybridized carbons (Fsp3) is 0.914. The topological polar surface area (TPSA) is 12.4 Å². The fourth-order valence-electron chi connectivity index (χ4n) is 5.96. The Morgan fingerprint density at radius 3 is 0.892 bits per heavy atom. The zero-order valence-corrected chi connectivity index (χ0v) is 25.8. The van der Waals surface area contributed by atoms with E-state index < -0.39 is 0 Å². The fourth-order valence-corrected chi connectivity index (χ4v) is 5.96. The second-order valence-electron chi connectivity index (χ2n) is 12.3. The molecule has 0 radical (unpaired) electrons. The van der Waals surface area contributed by atoms with Gasteiger partial charge in [-0.3, -0.25) is 4.48 Å². The third-order valence-electron chi connectivity index (χ3n) is 8.60. The highest BCUT2D eigenvalue weighted by Gasteiger charge is 2.24. The van der Waals surface area contributed by atoms with E-state index in [0.29, 0.717) is 0 Å². The van der Waals surface area contributed by atoms with Crippen molar-refractivity contribution in [1.82, 2.24) is 0 Å². The van der Waals surface area contributed by atoms with Crippen molar-refractivity contribution in [2.45, 2.75) is 194 Å². The molecule has 0 aliphatic carbocycles. The van der Waals surface area contributed by atoms with Crippen LogP contribution in [0.3, 0.4) is 0 Å². The minimum absolute atomic E-state index is 1.02. The molecule has 1 aliphatic rings. The first kappa shape index (κ1) is 34.4. The molecule has 218 valence electrons. The predicted molar refractivity (Wildman–Crippen MR) is 168 cm³/mol. The summed E-state index contributed by atoms with van der Waals surface area (Å²) in [6.45, 7) is 7.13. The highest BCUT2D eigenvalue weighted by atomic mass is 15.4. The Labute approximate surface area is 234 Å². The first-order valence-electron chi connectivity index (χ1n) is 17.4. The van der Waals surface area contributed by atoms with Crippen LogP contribution < -0.4 is 0 Å². The van der Waals surface area contributed by atoms with Gasteiger partial charge in [-0.25, -0.2) is 4.99 Å². The van der Waals surface area contributed by atoms with Crippen LogP contribution in [0.1, 0.15) is 194 Å². The Morgan fingerprint density at radius 1 is 0.378 bits per heavy atom. The van der Waals surface area contributed by atoms with Gasteiger partial charge in [-0.2, -0.15) is 0 Å². The van der Waals surface area contributed by atoms with Crippen LogP contribution in [-0.2, 0) is 0 Å². The van der Waals surface area contributed by atoms with Gasteiger partial charge >= 0.3 is 0 Å². The van der Waals surface area contributed by atoms with Gasteiger partial charge in [0, 0.05) is 0 Å².